The van der Waals surface area contributed by atoms with Crippen molar-refractivity contribution in [3.8, 4) is 0 Å². The van der Waals surface area contributed by atoms with Crippen LogP contribution in [-0.2, 0) is 4.74 Å². The summed E-state index contributed by atoms with van der Waals surface area (Å²) in [5.74, 6) is -0.118. The Kier molecular flexibility index (Phi) is 4.90. The van der Waals surface area contributed by atoms with Crippen LogP contribution < -0.4 is 5.32 Å². The van der Waals surface area contributed by atoms with E-state index in [0.29, 0.717) is 25.5 Å². The second-order valence-electron chi connectivity index (χ2n) is 5.38. The van der Waals surface area contributed by atoms with E-state index in [4.69, 9.17) is 9.84 Å². The van der Waals surface area contributed by atoms with Crippen LogP contribution in [0.4, 0.5) is 0 Å². The van der Waals surface area contributed by atoms with Crippen LogP contribution in [0, 0.1) is 0 Å². The van der Waals surface area contributed by atoms with Gasteiger partial charge in [0, 0.05) is 24.1 Å². The number of benzene rings is 2. The molecule has 0 atom stereocenters. The zero-order valence-corrected chi connectivity index (χ0v) is 12.8. The highest BCUT2D eigenvalue weighted by atomic mass is 16.5. The van der Waals surface area contributed by atoms with Gasteiger partial charge in [0.25, 0.3) is 5.91 Å². The third kappa shape index (κ3) is 3.52. The summed E-state index contributed by atoms with van der Waals surface area (Å²) in [7, 11) is 0. The number of carbonyl (C=O) groups is 1. The maximum absolute atomic E-state index is 12.2. The Morgan fingerprint density at radius 2 is 2.00 bits per heavy atom. The highest BCUT2D eigenvalue weighted by molar-refractivity contribution is 6.09. The van der Waals surface area contributed by atoms with Gasteiger partial charge >= 0.3 is 0 Å². The zero-order valence-electron chi connectivity index (χ0n) is 12.8. The molecule has 2 aromatic carbocycles. The SMILES string of the molecule is O=C(NCCCOCCO)c1cc2c(ccc3ccccc32)[nH]1. The maximum atomic E-state index is 12.2. The molecule has 0 bridgehead atoms. The second-order valence-corrected chi connectivity index (χ2v) is 5.38. The Bertz CT molecular complexity index is 810. The van der Waals surface area contributed by atoms with Crippen LogP contribution in [0.5, 0.6) is 0 Å². The van der Waals surface area contributed by atoms with Crippen molar-refractivity contribution in [3.05, 3.63) is 48.2 Å². The lowest BCUT2D eigenvalue weighted by Crippen LogP contribution is -2.25. The largest absolute Gasteiger partial charge is 0.394 e. The Morgan fingerprint density at radius 1 is 1.13 bits per heavy atom. The second kappa shape index (κ2) is 7.26. The molecule has 5 heteroatoms. The lowest BCUT2D eigenvalue weighted by Gasteiger charge is -2.04. The van der Waals surface area contributed by atoms with Crippen molar-refractivity contribution in [2.45, 2.75) is 6.42 Å². The molecule has 0 fully saturated rings. The number of H-pyrrole nitrogens is 1. The van der Waals surface area contributed by atoms with E-state index in [1.165, 1.54) is 0 Å². The highest BCUT2D eigenvalue weighted by Crippen LogP contribution is 2.25. The first-order valence-electron chi connectivity index (χ1n) is 7.77. The van der Waals surface area contributed by atoms with Crippen LogP contribution in [0.15, 0.2) is 42.5 Å². The van der Waals surface area contributed by atoms with E-state index in [1.807, 2.05) is 30.3 Å². The summed E-state index contributed by atoms with van der Waals surface area (Å²) >= 11 is 0. The molecule has 0 aliphatic carbocycles. The number of aromatic amines is 1. The number of hydrogen-bond donors (Lipinski definition) is 3. The van der Waals surface area contributed by atoms with Gasteiger partial charge in [-0.25, -0.2) is 0 Å². The van der Waals surface area contributed by atoms with E-state index in [2.05, 4.69) is 22.4 Å². The molecule has 23 heavy (non-hydrogen) atoms. The summed E-state index contributed by atoms with van der Waals surface area (Å²) in [6.45, 7) is 1.43. The minimum absolute atomic E-state index is 0.0232. The van der Waals surface area contributed by atoms with Gasteiger partial charge in [-0.3, -0.25) is 4.79 Å². The lowest BCUT2D eigenvalue weighted by molar-refractivity contribution is 0.0866. The average Bonchev–Trinajstić information content (AvgIpc) is 3.02. The van der Waals surface area contributed by atoms with Crippen molar-refractivity contribution in [3.63, 3.8) is 0 Å². The molecular weight excluding hydrogens is 292 g/mol. The number of hydrogen-bond acceptors (Lipinski definition) is 3. The molecule has 1 amide bonds. The highest BCUT2D eigenvalue weighted by Gasteiger charge is 2.10. The van der Waals surface area contributed by atoms with Crippen LogP contribution in [0.1, 0.15) is 16.9 Å². The predicted octanol–water partition coefficient (Wildman–Crippen LogP) is 2.45. The normalized spacial score (nSPS) is 11.2. The number of ether oxygens (including phenoxy) is 1. The smallest absolute Gasteiger partial charge is 0.267 e. The number of rotatable bonds is 7. The molecule has 120 valence electrons. The number of carbonyl (C=O) groups excluding carboxylic acids is 1. The Labute approximate surface area is 134 Å². The van der Waals surface area contributed by atoms with Crippen LogP contribution in [-0.4, -0.2) is 42.4 Å². The van der Waals surface area contributed by atoms with Gasteiger partial charge in [0.05, 0.1) is 13.2 Å². The van der Waals surface area contributed by atoms with Crippen LogP contribution in [0.2, 0.25) is 0 Å². The number of fused-ring (bicyclic) bond motifs is 3. The Hall–Kier alpha value is -2.37. The molecule has 1 aromatic heterocycles. The standard InChI is InChI=1S/C18H20N2O3/c21-9-11-23-10-3-8-19-18(22)17-12-15-14-5-2-1-4-13(14)6-7-16(15)20-17/h1-2,4-7,12,20-21H,3,8-11H2,(H,19,22). The number of amides is 1. The molecule has 5 nitrogen and oxygen atoms in total. The fraction of sp³-hybridized carbons (Fsp3) is 0.278. The average molecular weight is 312 g/mol. The van der Waals surface area contributed by atoms with Crippen molar-refractivity contribution < 1.29 is 14.6 Å². The van der Waals surface area contributed by atoms with Crippen LogP contribution in [0.25, 0.3) is 21.7 Å². The van der Waals surface area contributed by atoms with E-state index in [1.54, 1.807) is 0 Å². The van der Waals surface area contributed by atoms with Crippen LogP contribution >= 0.6 is 0 Å². The molecule has 0 spiro atoms. The molecule has 3 aromatic rings. The number of aliphatic hydroxyl groups is 1. The summed E-state index contributed by atoms with van der Waals surface area (Å²) < 4.78 is 5.16. The first-order valence-corrected chi connectivity index (χ1v) is 7.77. The lowest BCUT2D eigenvalue weighted by atomic mass is 10.1. The van der Waals surface area contributed by atoms with E-state index >= 15 is 0 Å². The predicted molar refractivity (Wildman–Crippen MR) is 90.7 cm³/mol. The van der Waals surface area contributed by atoms with Crippen LogP contribution in [0.3, 0.4) is 0 Å². The summed E-state index contributed by atoms with van der Waals surface area (Å²) in [6, 6.07) is 14.1. The molecule has 0 saturated heterocycles. The summed E-state index contributed by atoms with van der Waals surface area (Å²) in [5, 5.41) is 14.8. The molecule has 0 aliphatic heterocycles. The van der Waals surface area contributed by atoms with E-state index in [-0.39, 0.29) is 12.5 Å². The number of nitrogens with one attached hydrogen (secondary N) is 2. The summed E-state index contributed by atoms with van der Waals surface area (Å²) in [4.78, 5) is 15.4. The van der Waals surface area contributed by atoms with Gasteiger partial charge in [0.1, 0.15) is 5.69 Å². The minimum atomic E-state index is -0.118. The first kappa shape index (κ1) is 15.5. The van der Waals surface area contributed by atoms with Crippen molar-refractivity contribution in [2.24, 2.45) is 0 Å². The quantitative estimate of drug-likeness (QED) is 0.587. The van der Waals surface area contributed by atoms with Crippen molar-refractivity contribution in [2.75, 3.05) is 26.4 Å². The summed E-state index contributed by atoms with van der Waals surface area (Å²) in [6.07, 6.45) is 0.717. The minimum Gasteiger partial charge on any atom is -0.394 e. The van der Waals surface area contributed by atoms with Crippen molar-refractivity contribution >= 4 is 27.6 Å². The van der Waals surface area contributed by atoms with Gasteiger partial charge in [0.2, 0.25) is 0 Å². The molecule has 3 rings (SSSR count). The van der Waals surface area contributed by atoms with E-state index in [0.717, 1.165) is 28.1 Å². The third-order valence-corrected chi connectivity index (χ3v) is 3.76. The van der Waals surface area contributed by atoms with Crippen molar-refractivity contribution in [1.82, 2.24) is 10.3 Å². The first-order chi connectivity index (χ1) is 11.3. The Morgan fingerprint density at radius 3 is 2.87 bits per heavy atom. The molecule has 1 heterocycles. The molecular formula is C18H20N2O3. The van der Waals surface area contributed by atoms with Gasteiger partial charge in [-0.05, 0) is 29.3 Å². The molecule has 0 saturated carbocycles. The molecule has 0 aliphatic rings. The van der Waals surface area contributed by atoms with Gasteiger partial charge in [0.15, 0.2) is 0 Å². The maximum Gasteiger partial charge on any atom is 0.267 e. The fourth-order valence-electron chi connectivity index (χ4n) is 2.65. The molecule has 3 N–H and O–H groups in total. The van der Waals surface area contributed by atoms with Gasteiger partial charge in [-0.15, -0.1) is 0 Å². The monoisotopic (exact) mass is 312 g/mol. The Balaban J connectivity index is 1.68. The summed E-state index contributed by atoms with van der Waals surface area (Å²) in [5.41, 5.74) is 1.52. The van der Waals surface area contributed by atoms with E-state index < -0.39 is 0 Å². The molecule has 0 unspecified atom stereocenters. The zero-order chi connectivity index (χ0) is 16.1. The fourth-order valence-corrected chi connectivity index (χ4v) is 2.65. The third-order valence-electron chi connectivity index (χ3n) is 3.76. The van der Waals surface area contributed by atoms with Gasteiger partial charge in [-0.1, -0.05) is 30.3 Å². The number of aromatic nitrogens is 1. The van der Waals surface area contributed by atoms with Crippen molar-refractivity contribution in [1.29, 1.82) is 0 Å². The van der Waals surface area contributed by atoms with Gasteiger partial charge in [-0.2, -0.15) is 0 Å². The number of aliphatic hydroxyl groups excluding tert-OH is 1. The topological polar surface area (TPSA) is 74.3 Å². The molecule has 0 radical (unpaired) electrons. The van der Waals surface area contributed by atoms with Gasteiger partial charge < -0.3 is 20.1 Å². The van der Waals surface area contributed by atoms with E-state index in [9.17, 15) is 4.79 Å².